The van der Waals surface area contributed by atoms with Gasteiger partial charge in [0.25, 0.3) is 0 Å². The Morgan fingerprint density at radius 3 is 2.68 bits per heavy atom. The topological polar surface area (TPSA) is 70.7 Å². The largest absolute Gasteiger partial charge is 0.375 e. The summed E-state index contributed by atoms with van der Waals surface area (Å²) in [6.07, 6.45) is 1.96. The highest BCUT2D eigenvalue weighted by atomic mass is 35.5. The number of hydrogen-bond acceptors (Lipinski definition) is 4. The van der Waals surface area contributed by atoms with E-state index in [2.05, 4.69) is 10.6 Å². The van der Waals surface area contributed by atoms with Crippen LogP contribution in [-0.2, 0) is 14.3 Å². The number of carbonyl (C=O) groups is 2. The molecule has 2 fully saturated rings. The number of likely N-dealkylation sites (N-methyl/N-ethyl adjacent to an activating group) is 1. The fourth-order valence-electron chi connectivity index (χ4n) is 2.04. The average molecular weight is 292 g/mol. The number of morpholine rings is 1. The van der Waals surface area contributed by atoms with Crippen LogP contribution in [0, 0.1) is 0 Å². The van der Waals surface area contributed by atoms with E-state index in [0.29, 0.717) is 19.2 Å². The summed E-state index contributed by atoms with van der Waals surface area (Å²) < 4.78 is 5.43. The van der Waals surface area contributed by atoms with E-state index in [1.165, 1.54) is 4.90 Å². The molecule has 2 atom stereocenters. The van der Waals surface area contributed by atoms with E-state index in [4.69, 9.17) is 4.74 Å². The second kappa shape index (κ2) is 7.07. The highest BCUT2D eigenvalue weighted by Gasteiger charge is 2.31. The first-order valence-corrected chi connectivity index (χ1v) is 6.47. The van der Waals surface area contributed by atoms with Gasteiger partial charge in [-0.25, -0.2) is 0 Å². The summed E-state index contributed by atoms with van der Waals surface area (Å²) in [4.78, 5) is 25.2. The SMILES string of the molecule is C[C@H]1OCCN[C@@H]1C(=O)N(C)CC(=O)NC1CC1.Cl. The normalized spacial score (nSPS) is 26.2. The third kappa shape index (κ3) is 4.63. The molecule has 1 aliphatic heterocycles. The highest BCUT2D eigenvalue weighted by molar-refractivity contribution is 5.88. The van der Waals surface area contributed by atoms with E-state index >= 15 is 0 Å². The molecule has 0 bridgehead atoms. The lowest BCUT2D eigenvalue weighted by atomic mass is 10.1. The van der Waals surface area contributed by atoms with Crippen molar-refractivity contribution in [2.75, 3.05) is 26.7 Å². The van der Waals surface area contributed by atoms with Gasteiger partial charge < -0.3 is 20.3 Å². The molecule has 1 saturated heterocycles. The molecule has 0 unspecified atom stereocenters. The van der Waals surface area contributed by atoms with Crippen LogP contribution in [0.15, 0.2) is 0 Å². The van der Waals surface area contributed by atoms with Crippen molar-refractivity contribution in [2.45, 2.75) is 38.0 Å². The number of rotatable bonds is 4. The van der Waals surface area contributed by atoms with Crippen molar-refractivity contribution in [2.24, 2.45) is 0 Å². The van der Waals surface area contributed by atoms with Crippen LogP contribution in [0.1, 0.15) is 19.8 Å². The number of nitrogens with zero attached hydrogens (tertiary/aromatic N) is 1. The molecule has 1 aliphatic carbocycles. The Morgan fingerprint density at radius 1 is 1.42 bits per heavy atom. The lowest BCUT2D eigenvalue weighted by Gasteiger charge is -2.32. The smallest absolute Gasteiger partial charge is 0.242 e. The van der Waals surface area contributed by atoms with Crippen LogP contribution in [-0.4, -0.2) is 61.6 Å². The van der Waals surface area contributed by atoms with Crippen molar-refractivity contribution in [3.63, 3.8) is 0 Å². The standard InChI is InChI=1S/C12H21N3O3.ClH/c1-8-11(13-5-6-18-8)12(17)15(2)7-10(16)14-9-3-4-9;/h8-9,11,13H,3-7H2,1-2H3,(H,14,16);1H/t8-,11+;/m1./s1. The van der Waals surface area contributed by atoms with Crippen molar-refractivity contribution < 1.29 is 14.3 Å². The molecule has 0 spiro atoms. The summed E-state index contributed by atoms with van der Waals surface area (Å²) in [6.45, 7) is 3.27. The minimum atomic E-state index is -0.350. The van der Waals surface area contributed by atoms with Crippen LogP contribution >= 0.6 is 12.4 Å². The molecule has 2 rings (SSSR count). The molecule has 1 saturated carbocycles. The molecule has 6 nitrogen and oxygen atoms in total. The highest BCUT2D eigenvalue weighted by Crippen LogP contribution is 2.18. The molecule has 0 aromatic rings. The van der Waals surface area contributed by atoms with Gasteiger partial charge in [0.2, 0.25) is 11.8 Å². The molecular formula is C12H22ClN3O3. The molecule has 2 N–H and O–H groups in total. The van der Waals surface area contributed by atoms with Crippen molar-refractivity contribution >= 4 is 24.2 Å². The predicted molar refractivity (Wildman–Crippen MR) is 73.3 cm³/mol. The molecule has 0 aromatic carbocycles. The first-order valence-electron chi connectivity index (χ1n) is 6.47. The molecule has 2 aliphatic rings. The number of hydrogen-bond donors (Lipinski definition) is 2. The predicted octanol–water partition coefficient (Wildman–Crippen LogP) is -0.478. The van der Waals surface area contributed by atoms with Crippen LogP contribution in [0.3, 0.4) is 0 Å². The summed E-state index contributed by atoms with van der Waals surface area (Å²) >= 11 is 0. The summed E-state index contributed by atoms with van der Waals surface area (Å²) in [6, 6.07) is -0.0199. The van der Waals surface area contributed by atoms with Crippen LogP contribution in [0.25, 0.3) is 0 Å². The van der Waals surface area contributed by atoms with Crippen LogP contribution in [0.4, 0.5) is 0 Å². The fourth-order valence-corrected chi connectivity index (χ4v) is 2.04. The molecular weight excluding hydrogens is 270 g/mol. The quantitative estimate of drug-likeness (QED) is 0.734. The minimum absolute atomic E-state index is 0. The summed E-state index contributed by atoms with van der Waals surface area (Å²) in [5, 5.41) is 6.00. The first-order chi connectivity index (χ1) is 8.58. The Hall–Kier alpha value is -0.850. The molecule has 110 valence electrons. The van der Waals surface area contributed by atoms with Gasteiger partial charge in [0.05, 0.1) is 19.3 Å². The summed E-state index contributed by atoms with van der Waals surface area (Å²) in [5.41, 5.74) is 0. The maximum Gasteiger partial charge on any atom is 0.242 e. The molecule has 0 aromatic heterocycles. The number of amides is 2. The number of nitrogens with one attached hydrogen (secondary N) is 2. The minimum Gasteiger partial charge on any atom is -0.375 e. The Kier molecular flexibility index (Phi) is 6.03. The Bertz CT molecular complexity index is 336. The van der Waals surface area contributed by atoms with Crippen molar-refractivity contribution in [3.8, 4) is 0 Å². The Labute approximate surface area is 119 Å². The lowest BCUT2D eigenvalue weighted by Crippen LogP contribution is -2.56. The van der Waals surface area contributed by atoms with E-state index in [1.807, 2.05) is 6.92 Å². The van der Waals surface area contributed by atoms with Crippen LogP contribution in [0.5, 0.6) is 0 Å². The van der Waals surface area contributed by atoms with Gasteiger partial charge in [-0.05, 0) is 19.8 Å². The van der Waals surface area contributed by atoms with Crippen LogP contribution < -0.4 is 10.6 Å². The van der Waals surface area contributed by atoms with Gasteiger partial charge in [-0.2, -0.15) is 0 Å². The monoisotopic (exact) mass is 291 g/mol. The number of ether oxygens (including phenoxy) is 1. The second-order valence-electron chi connectivity index (χ2n) is 5.04. The van der Waals surface area contributed by atoms with E-state index in [9.17, 15) is 9.59 Å². The molecule has 2 amide bonds. The average Bonchev–Trinajstić information content (AvgIpc) is 3.12. The zero-order chi connectivity index (χ0) is 13.1. The summed E-state index contributed by atoms with van der Waals surface area (Å²) in [5.74, 6) is -0.175. The zero-order valence-corrected chi connectivity index (χ0v) is 12.2. The van der Waals surface area contributed by atoms with Crippen LogP contribution in [0.2, 0.25) is 0 Å². The van der Waals surface area contributed by atoms with Crippen molar-refractivity contribution in [3.05, 3.63) is 0 Å². The van der Waals surface area contributed by atoms with E-state index in [1.54, 1.807) is 7.05 Å². The van der Waals surface area contributed by atoms with E-state index < -0.39 is 0 Å². The molecule has 19 heavy (non-hydrogen) atoms. The Morgan fingerprint density at radius 2 is 2.11 bits per heavy atom. The number of carbonyl (C=O) groups excluding carboxylic acids is 2. The van der Waals surface area contributed by atoms with Crippen molar-refractivity contribution in [1.29, 1.82) is 0 Å². The van der Waals surface area contributed by atoms with Gasteiger partial charge in [-0.1, -0.05) is 0 Å². The van der Waals surface area contributed by atoms with Gasteiger partial charge in [0, 0.05) is 19.6 Å². The molecule has 7 heteroatoms. The summed E-state index contributed by atoms with van der Waals surface area (Å²) in [7, 11) is 1.65. The Balaban J connectivity index is 0.00000180. The van der Waals surface area contributed by atoms with Gasteiger partial charge in [0.1, 0.15) is 6.04 Å². The molecule has 0 radical (unpaired) electrons. The van der Waals surface area contributed by atoms with E-state index in [0.717, 1.165) is 12.8 Å². The third-order valence-corrected chi connectivity index (χ3v) is 3.28. The second-order valence-corrected chi connectivity index (χ2v) is 5.04. The van der Waals surface area contributed by atoms with E-state index in [-0.39, 0.29) is 42.9 Å². The maximum absolute atomic E-state index is 12.1. The van der Waals surface area contributed by atoms with Gasteiger partial charge in [-0.3, -0.25) is 9.59 Å². The third-order valence-electron chi connectivity index (χ3n) is 3.28. The first kappa shape index (κ1) is 16.2. The number of halogens is 1. The van der Waals surface area contributed by atoms with Gasteiger partial charge in [-0.15, -0.1) is 12.4 Å². The maximum atomic E-state index is 12.1. The van der Waals surface area contributed by atoms with Gasteiger partial charge >= 0.3 is 0 Å². The van der Waals surface area contributed by atoms with Gasteiger partial charge in [0.15, 0.2) is 0 Å². The lowest BCUT2D eigenvalue weighted by molar-refractivity contribution is -0.141. The van der Waals surface area contributed by atoms with Crippen molar-refractivity contribution in [1.82, 2.24) is 15.5 Å². The zero-order valence-electron chi connectivity index (χ0n) is 11.3. The molecule has 1 heterocycles. The fraction of sp³-hybridized carbons (Fsp3) is 0.833.